The van der Waals surface area contributed by atoms with E-state index >= 15 is 0 Å². The SMILES string of the molecule is CCCCC(N[C]=O)C(=O)N(C)C. The van der Waals surface area contributed by atoms with Crippen LogP contribution in [0.1, 0.15) is 26.2 Å². The number of amides is 2. The van der Waals surface area contributed by atoms with Crippen LogP contribution in [0.5, 0.6) is 0 Å². The molecule has 0 spiro atoms. The van der Waals surface area contributed by atoms with Gasteiger partial charge in [-0.15, -0.1) is 0 Å². The first-order chi connectivity index (χ1) is 6.13. The van der Waals surface area contributed by atoms with Gasteiger partial charge in [-0.1, -0.05) is 19.8 Å². The van der Waals surface area contributed by atoms with Crippen molar-refractivity contribution in [1.29, 1.82) is 0 Å². The zero-order valence-corrected chi connectivity index (χ0v) is 8.46. The highest BCUT2D eigenvalue weighted by Gasteiger charge is 2.18. The van der Waals surface area contributed by atoms with Crippen molar-refractivity contribution in [2.45, 2.75) is 32.2 Å². The highest BCUT2D eigenvalue weighted by Crippen LogP contribution is 2.02. The standard InChI is InChI=1S/C9H17N2O2/c1-4-5-6-8(10-7-12)9(13)11(2)3/h8H,4-6H2,1-3H3,(H,10,12). The van der Waals surface area contributed by atoms with Crippen LogP contribution in [0.4, 0.5) is 0 Å². The van der Waals surface area contributed by atoms with Crippen LogP contribution in [0.2, 0.25) is 0 Å². The number of rotatable bonds is 6. The van der Waals surface area contributed by atoms with Crippen molar-refractivity contribution >= 4 is 12.3 Å². The lowest BCUT2D eigenvalue weighted by atomic mass is 10.1. The summed E-state index contributed by atoms with van der Waals surface area (Å²) in [4.78, 5) is 23.0. The van der Waals surface area contributed by atoms with Crippen molar-refractivity contribution in [3.05, 3.63) is 0 Å². The van der Waals surface area contributed by atoms with E-state index in [0.29, 0.717) is 6.42 Å². The van der Waals surface area contributed by atoms with Gasteiger partial charge in [0.25, 0.3) is 0 Å². The molecule has 0 aromatic carbocycles. The Morgan fingerprint density at radius 2 is 2.15 bits per heavy atom. The average Bonchev–Trinajstić information content (AvgIpc) is 2.11. The van der Waals surface area contributed by atoms with Crippen LogP contribution in [0.15, 0.2) is 0 Å². The molecule has 0 fully saturated rings. The Balaban J connectivity index is 4.06. The molecule has 75 valence electrons. The number of nitrogens with one attached hydrogen (secondary N) is 1. The van der Waals surface area contributed by atoms with Crippen LogP contribution in [-0.4, -0.2) is 37.4 Å². The Kier molecular flexibility index (Phi) is 5.93. The molecule has 0 aromatic heterocycles. The molecular weight excluding hydrogens is 168 g/mol. The molecular formula is C9H17N2O2. The zero-order chi connectivity index (χ0) is 10.3. The Bertz CT molecular complexity index is 169. The summed E-state index contributed by atoms with van der Waals surface area (Å²) >= 11 is 0. The fraction of sp³-hybridized carbons (Fsp3) is 0.778. The molecule has 1 atom stereocenters. The second-order valence-electron chi connectivity index (χ2n) is 3.17. The van der Waals surface area contributed by atoms with E-state index in [4.69, 9.17) is 0 Å². The summed E-state index contributed by atoms with van der Waals surface area (Å²) in [6.07, 6.45) is 4.19. The van der Waals surface area contributed by atoms with Gasteiger partial charge in [-0.05, 0) is 6.42 Å². The predicted molar refractivity (Wildman–Crippen MR) is 50.8 cm³/mol. The van der Waals surface area contributed by atoms with Crippen molar-refractivity contribution in [3.63, 3.8) is 0 Å². The number of unbranched alkanes of at least 4 members (excludes halogenated alkanes) is 1. The molecule has 4 nitrogen and oxygen atoms in total. The van der Waals surface area contributed by atoms with Crippen LogP contribution in [-0.2, 0) is 9.59 Å². The van der Waals surface area contributed by atoms with Crippen LogP contribution >= 0.6 is 0 Å². The molecule has 0 bridgehead atoms. The van der Waals surface area contributed by atoms with Gasteiger partial charge in [0, 0.05) is 14.1 Å². The smallest absolute Gasteiger partial charge is 0.309 e. The molecule has 13 heavy (non-hydrogen) atoms. The first kappa shape index (κ1) is 11.9. The fourth-order valence-electron chi connectivity index (χ4n) is 1.05. The van der Waals surface area contributed by atoms with Crippen molar-refractivity contribution < 1.29 is 9.59 Å². The van der Waals surface area contributed by atoms with E-state index in [2.05, 4.69) is 5.32 Å². The second kappa shape index (κ2) is 6.46. The minimum atomic E-state index is -0.410. The molecule has 2 amide bonds. The highest BCUT2D eigenvalue weighted by molar-refractivity contribution is 5.83. The van der Waals surface area contributed by atoms with Gasteiger partial charge in [0.2, 0.25) is 5.91 Å². The molecule has 0 rings (SSSR count). The molecule has 1 unspecified atom stereocenters. The van der Waals surface area contributed by atoms with Gasteiger partial charge in [0.1, 0.15) is 6.04 Å². The highest BCUT2D eigenvalue weighted by atomic mass is 16.2. The minimum Gasteiger partial charge on any atom is -0.347 e. The lowest BCUT2D eigenvalue weighted by Crippen LogP contribution is -2.42. The van der Waals surface area contributed by atoms with Crippen molar-refractivity contribution in [3.8, 4) is 0 Å². The van der Waals surface area contributed by atoms with E-state index in [1.165, 1.54) is 4.90 Å². The van der Waals surface area contributed by atoms with Gasteiger partial charge in [0.05, 0.1) is 0 Å². The molecule has 0 aliphatic carbocycles. The second-order valence-corrected chi connectivity index (χ2v) is 3.17. The summed E-state index contributed by atoms with van der Waals surface area (Å²) in [6, 6.07) is -0.410. The van der Waals surface area contributed by atoms with Crippen LogP contribution in [0.3, 0.4) is 0 Å². The molecule has 1 radical (unpaired) electrons. The quantitative estimate of drug-likeness (QED) is 0.605. The fourth-order valence-corrected chi connectivity index (χ4v) is 1.05. The molecule has 0 saturated heterocycles. The Morgan fingerprint density at radius 1 is 1.54 bits per heavy atom. The van der Waals surface area contributed by atoms with Crippen molar-refractivity contribution in [2.75, 3.05) is 14.1 Å². The topological polar surface area (TPSA) is 49.4 Å². The number of hydrogen-bond donors (Lipinski definition) is 1. The Hall–Kier alpha value is -1.06. The zero-order valence-electron chi connectivity index (χ0n) is 8.46. The normalized spacial score (nSPS) is 11.9. The number of nitrogens with zero attached hydrogens (tertiary/aromatic N) is 1. The third-order valence-corrected chi connectivity index (χ3v) is 1.82. The predicted octanol–water partition coefficient (Wildman–Crippen LogP) is 0.290. The molecule has 0 saturated carbocycles. The van der Waals surface area contributed by atoms with Crippen LogP contribution in [0.25, 0.3) is 0 Å². The third-order valence-electron chi connectivity index (χ3n) is 1.82. The van der Waals surface area contributed by atoms with Gasteiger partial charge < -0.3 is 10.2 Å². The van der Waals surface area contributed by atoms with Gasteiger partial charge in [-0.3, -0.25) is 9.59 Å². The van der Waals surface area contributed by atoms with Gasteiger partial charge in [-0.25, -0.2) is 0 Å². The van der Waals surface area contributed by atoms with Gasteiger partial charge in [-0.2, -0.15) is 0 Å². The van der Waals surface area contributed by atoms with Gasteiger partial charge >= 0.3 is 6.41 Å². The monoisotopic (exact) mass is 185 g/mol. The molecule has 0 aromatic rings. The largest absolute Gasteiger partial charge is 0.347 e. The first-order valence-electron chi connectivity index (χ1n) is 4.47. The van der Waals surface area contributed by atoms with E-state index in [9.17, 15) is 9.59 Å². The first-order valence-corrected chi connectivity index (χ1v) is 4.47. The van der Waals surface area contributed by atoms with E-state index in [1.54, 1.807) is 20.5 Å². The molecule has 4 heteroatoms. The average molecular weight is 185 g/mol. The van der Waals surface area contributed by atoms with E-state index in [1.807, 2.05) is 6.92 Å². The molecule has 0 aliphatic heterocycles. The van der Waals surface area contributed by atoms with Crippen molar-refractivity contribution in [1.82, 2.24) is 10.2 Å². The van der Waals surface area contributed by atoms with E-state index in [0.717, 1.165) is 12.8 Å². The molecule has 0 heterocycles. The lowest BCUT2D eigenvalue weighted by Gasteiger charge is -2.18. The number of carbonyl (C=O) groups excluding carboxylic acids is 2. The van der Waals surface area contributed by atoms with Gasteiger partial charge in [0.15, 0.2) is 0 Å². The minimum absolute atomic E-state index is 0.0724. The summed E-state index contributed by atoms with van der Waals surface area (Å²) < 4.78 is 0. The molecule has 0 aliphatic rings. The number of likely N-dealkylation sites (N-methyl/N-ethyl adjacent to an activating group) is 1. The molecule has 1 N–H and O–H groups in total. The summed E-state index contributed by atoms with van der Waals surface area (Å²) in [5, 5.41) is 2.40. The van der Waals surface area contributed by atoms with E-state index < -0.39 is 6.04 Å². The Labute approximate surface area is 79.3 Å². The van der Waals surface area contributed by atoms with Crippen molar-refractivity contribution in [2.24, 2.45) is 0 Å². The van der Waals surface area contributed by atoms with Crippen LogP contribution < -0.4 is 5.32 Å². The maximum absolute atomic E-state index is 11.4. The summed E-state index contributed by atoms with van der Waals surface area (Å²) in [6.45, 7) is 2.04. The summed E-state index contributed by atoms with van der Waals surface area (Å²) in [7, 11) is 3.35. The Morgan fingerprint density at radius 3 is 2.54 bits per heavy atom. The third kappa shape index (κ3) is 4.50. The summed E-state index contributed by atoms with van der Waals surface area (Å²) in [5.41, 5.74) is 0. The number of carbonyl (C=O) groups is 1. The summed E-state index contributed by atoms with van der Waals surface area (Å²) in [5.74, 6) is -0.0724. The van der Waals surface area contributed by atoms with E-state index in [-0.39, 0.29) is 5.91 Å². The lowest BCUT2D eigenvalue weighted by molar-refractivity contribution is -0.130. The maximum atomic E-state index is 11.4. The van der Waals surface area contributed by atoms with Crippen LogP contribution in [0, 0.1) is 0 Å². The maximum Gasteiger partial charge on any atom is 0.309 e. The number of hydrogen-bond acceptors (Lipinski definition) is 2.